The predicted molar refractivity (Wildman–Crippen MR) is 91.0 cm³/mol. The smallest absolute Gasteiger partial charge is 0.410 e. The Morgan fingerprint density at radius 1 is 1.35 bits per heavy atom. The summed E-state index contributed by atoms with van der Waals surface area (Å²) in [6, 6.07) is 3.66. The SMILES string of the molecule is CCn1ccc(N2CCN(C(=O)OC(C)(C)C)C(C)C2)cc1=O. The van der Waals surface area contributed by atoms with Gasteiger partial charge in [-0.05, 0) is 40.7 Å². The Morgan fingerprint density at radius 3 is 2.57 bits per heavy atom. The monoisotopic (exact) mass is 321 g/mol. The van der Waals surface area contributed by atoms with Crippen LogP contribution >= 0.6 is 0 Å². The van der Waals surface area contributed by atoms with Crippen LogP contribution in [-0.4, -0.2) is 46.8 Å². The van der Waals surface area contributed by atoms with Crippen LogP contribution < -0.4 is 10.5 Å². The summed E-state index contributed by atoms with van der Waals surface area (Å²) in [6.07, 6.45) is 1.55. The number of piperazine rings is 1. The van der Waals surface area contributed by atoms with Crippen molar-refractivity contribution in [3.63, 3.8) is 0 Å². The quantitative estimate of drug-likeness (QED) is 0.839. The predicted octanol–water partition coefficient (Wildman–Crippen LogP) is 2.31. The van der Waals surface area contributed by atoms with Crippen molar-refractivity contribution in [1.29, 1.82) is 0 Å². The van der Waals surface area contributed by atoms with Crippen LogP contribution in [-0.2, 0) is 11.3 Å². The molecule has 128 valence electrons. The molecule has 0 radical (unpaired) electrons. The Balaban J connectivity index is 2.05. The number of carbonyl (C=O) groups is 1. The van der Waals surface area contributed by atoms with Gasteiger partial charge in [-0.2, -0.15) is 0 Å². The molecular formula is C17H27N3O3. The van der Waals surface area contributed by atoms with E-state index >= 15 is 0 Å². The summed E-state index contributed by atoms with van der Waals surface area (Å²) in [7, 11) is 0. The highest BCUT2D eigenvalue weighted by Crippen LogP contribution is 2.19. The number of pyridine rings is 1. The lowest BCUT2D eigenvalue weighted by atomic mass is 10.1. The third-order valence-corrected chi connectivity index (χ3v) is 3.94. The molecular weight excluding hydrogens is 294 g/mol. The van der Waals surface area contributed by atoms with Gasteiger partial charge < -0.3 is 19.1 Å². The maximum Gasteiger partial charge on any atom is 0.410 e. The summed E-state index contributed by atoms with van der Waals surface area (Å²) in [4.78, 5) is 28.1. The van der Waals surface area contributed by atoms with E-state index in [0.29, 0.717) is 26.2 Å². The van der Waals surface area contributed by atoms with Crippen LogP contribution in [0.5, 0.6) is 0 Å². The van der Waals surface area contributed by atoms with Crippen molar-refractivity contribution in [2.24, 2.45) is 0 Å². The van der Waals surface area contributed by atoms with Crippen LogP contribution in [0.1, 0.15) is 34.6 Å². The standard InChI is InChI=1S/C17H27N3O3/c1-6-18-8-7-14(11-15(18)21)19-9-10-20(13(2)12-19)16(22)23-17(3,4)5/h7-8,11,13H,6,9-10,12H2,1-5H3. The zero-order valence-electron chi connectivity index (χ0n) is 14.7. The minimum Gasteiger partial charge on any atom is -0.444 e. The summed E-state index contributed by atoms with van der Waals surface area (Å²) in [5.41, 5.74) is 0.432. The largest absolute Gasteiger partial charge is 0.444 e. The number of carbonyl (C=O) groups excluding carboxylic acids is 1. The molecule has 0 saturated carbocycles. The van der Waals surface area contributed by atoms with Gasteiger partial charge in [0.05, 0.1) is 0 Å². The summed E-state index contributed by atoms with van der Waals surface area (Å²) in [5, 5.41) is 0. The average Bonchev–Trinajstić information content (AvgIpc) is 2.45. The van der Waals surface area contributed by atoms with Crippen LogP contribution in [0.2, 0.25) is 0 Å². The number of rotatable bonds is 2. The number of aromatic nitrogens is 1. The first-order valence-electron chi connectivity index (χ1n) is 8.16. The summed E-state index contributed by atoms with van der Waals surface area (Å²) in [5.74, 6) is 0. The highest BCUT2D eigenvalue weighted by molar-refractivity contribution is 5.69. The van der Waals surface area contributed by atoms with Gasteiger partial charge in [0.15, 0.2) is 0 Å². The average molecular weight is 321 g/mol. The van der Waals surface area contributed by atoms with Crippen molar-refractivity contribution < 1.29 is 9.53 Å². The van der Waals surface area contributed by atoms with Gasteiger partial charge in [-0.1, -0.05) is 0 Å². The molecule has 1 saturated heterocycles. The Morgan fingerprint density at radius 2 is 2.04 bits per heavy atom. The van der Waals surface area contributed by atoms with Gasteiger partial charge >= 0.3 is 6.09 Å². The topological polar surface area (TPSA) is 54.8 Å². The third-order valence-electron chi connectivity index (χ3n) is 3.94. The lowest BCUT2D eigenvalue weighted by Crippen LogP contribution is -2.55. The number of amides is 1. The Hall–Kier alpha value is -1.98. The molecule has 6 heteroatoms. The molecule has 1 aromatic rings. The maximum absolute atomic E-state index is 12.2. The molecule has 0 spiro atoms. The number of nitrogens with zero attached hydrogens (tertiary/aromatic N) is 3. The minimum absolute atomic E-state index is 0.00669. The molecule has 1 fully saturated rings. The minimum atomic E-state index is -0.487. The van der Waals surface area contributed by atoms with E-state index < -0.39 is 5.60 Å². The van der Waals surface area contributed by atoms with E-state index in [-0.39, 0.29) is 17.7 Å². The first-order chi connectivity index (χ1) is 10.7. The zero-order valence-corrected chi connectivity index (χ0v) is 14.7. The van der Waals surface area contributed by atoms with Crippen LogP contribution in [0.15, 0.2) is 23.1 Å². The molecule has 1 aliphatic heterocycles. The molecule has 1 aromatic heterocycles. The molecule has 6 nitrogen and oxygen atoms in total. The molecule has 2 rings (SSSR count). The highest BCUT2D eigenvalue weighted by Gasteiger charge is 2.30. The van der Waals surface area contributed by atoms with Gasteiger partial charge in [0, 0.05) is 50.2 Å². The van der Waals surface area contributed by atoms with Crippen molar-refractivity contribution in [3.05, 3.63) is 28.7 Å². The van der Waals surface area contributed by atoms with Crippen molar-refractivity contribution in [2.75, 3.05) is 24.5 Å². The lowest BCUT2D eigenvalue weighted by molar-refractivity contribution is 0.0159. The Kier molecular flexibility index (Phi) is 5.02. The van der Waals surface area contributed by atoms with Gasteiger partial charge in [-0.3, -0.25) is 4.79 Å². The van der Waals surface area contributed by atoms with Gasteiger partial charge in [0.2, 0.25) is 0 Å². The molecule has 1 atom stereocenters. The second kappa shape index (κ2) is 6.64. The molecule has 0 aliphatic carbocycles. The van der Waals surface area contributed by atoms with E-state index in [2.05, 4.69) is 4.90 Å². The normalized spacial score (nSPS) is 18.9. The number of hydrogen-bond donors (Lipinski definition) is 0. The zero-order chi connectivity index (χ0) is 17.2. The molecule has 1 unspecified atom stereocenters. The summed E-state index contributed by atoms with van der Waals surface area (Å²) in [6.45, 7) is 12.2. The van der Waals surface area contributed by atoms with Gasteiger partial charge in [0.25, 0.3) is 5.56 Å². The first kappa shape index (κ1) is 17.4. The van der Waals surface area contributed by atoms with Crippen molar-refractivity contribution >= 4 is 11.8 Å². The van der Waals surface area contributed by atoms with E-state index in [1.54, 1.807) is 15.5 Å². The summed E-state index contributed by atoms with van der Waals surface area (Å²) < 4.78 is 7.12. The van der Waals surface area contributed by atoms with E-state index in [0.717, 1.165) is 5.69 Å². The maximum atomic E-state index is 12.2. The fourth-order valence-corrected chi connectivity index (χ4v) is 2.74. The van der Waals surface area contributed by atoms with E-state index in [4.69, 9.17) is 4.74 Å². The van der Waals surface area contributed by atoms with E-state index in [9.17, 15) is 9.59 Å². The second-order valence-electron chi connectivity index (χ2n) is 6.98. The Bertz CT molecular complexity index is 618. The van der Waals surface area contributed by atoms with Crippen molar-refractivity contribution in [2.45, 2.75) is 52.8 Å². The van der Waals surface area contributed by atoms with Crippen molar-refractivity contribution in [3.8, 4) is 0 Å². The number of hydrogen-bond acceptors (Lipinski definition) is 4. The number of anilines is 1. The first-order valence-corrected chi connectivity index (χ1v) is 8.16. The van der Waals surface area contributed by atoms with Crippen LogP contribution in [0, 0.1) is 0 Å². The van der Waals surface area contributed by atoms with Crippen LogP contribution in [0.4, 0.5) is 10.5 Å². The molecule has 1 aliphatic rings. The summed E-state index contributed by atoms with van der Waals surface area (Å²) >= 11 is 0. The van der Waals surface area contributed by atoms with Crippen LogP contribution in [0.3, 0.4) is 0 Å². The third kappa shape index (κ3) is 4.27. The van der Waals surface area contributed by atoms with E-state index in [1.807, 2.05) is 46.9 Å². The fourth-order valence-electron chi connectivity index (χ4n) is 2.74. The van der Waals surface area contributed by atoms with E-state index in [1.165, 1.54) is 0 Å². The molecule has 0 aromatic carbocycles. The molecule has 1 amide bonds. The number of aryl methyl sites for hydroxylation is 1. The van der Waals surface area contributed by atoms with Gasteiger partial charge in [0.1, 0.15) is 5.60 Å². The molecule has 23 heavy (non-hydrogen) atoms. The molecule has 0 bridgehead atoms. The highest BCUT2D eigenvalue weighted by atomic mass is 16.6. The molecule has 0 N–H and O–H groups in total. The van der Waals surface area contributed by atoms with Crippen molar-refractivity contribution in [1.82, 2.24) is 9.47 Å². The molecule has 2 heterocycles. The Labute approximate surface area is 137 Å². The number of ether oxygens (including phenoxy) is 1. The van der Waals surface area contributed by atoms with Crippen LogP contribution in [0.25, 0.3) is 0 Å². The lowest BCUT2D eigenvalue weighted by Gasteiger charge is -2.41. The van der Waals surface area contributed by atoms with Gasteiger partial charge in [-0.25, -0.2) is 4.79 Å². The second-order valence-corrected chi connectivity index (χ2v) is 6.98. The fraction of sp³-hybridized carbons (Fsp3) is 0.647. The van der Waals surface area contributed by atoms with Gasteiger partial charge in [-0.15, -0.1) is 0 Å².